The van der Waals surface area contributed by atoms with E-state index in [-0.39, 0.29) is 5.02 Å². The van der Waals surface area contributed by atoms with E-state index in [0.29, 0.717) is 6.42 Å². The molecule has 1 aromatic heterocycles. The summed E-state index contributed by atoms with van der Waals surface area (Å²) in [5, 5.41) is 3.86. The van der Waals surface area contributed by atoms with Crippen LogP contribution in [0.15, 0.2) is 30.6 Å². The lowest BCUT2D eigenvalue weighted by Gasteiger charge is -2.00. The first kappa shape index (κ1) is 11.6. The van der Waals surface area contributed by atoms with Crippen molar-refractivity contribution in [3.8, 4) is 0 Å². The summed E-state index contributed by atoms with van der Waals surface area (Å²) < 4.78 is 14.0. The van der Waals surface area contributed by atoms with Crippen LogP contribution in [-0.4, -0.2) is 15.8 Å². The average Bonchev–Trinajstić information content (AvgIpc) is 2.72. The van der Waals surface area contributed by atoms with Crippen molar-refractivity contribution in [3.63, 3.8) is 0 Å². The van der Waals surface area contributed by atoms with Gasteiger partial charge in [0.1, 0.15) is 5.82 Å². The van der Waals surface area contributed by atoms with Gasteiger partial charge in [-0.15, -0.1) is 0 Å². The van der Waals surface area contributed by atoms with E-state index in [2.05, 4.69) is 5.10 Å². The van der Waals surface area contributed by atoms with Crippen LogP contribution >= 0.6 is 11.6 Å². The number of carbonyl (C=O) groups is 1. The summed E-state index contributed by atoms with van der Waals surface area (Å²) in [6.07, 6.45) is 3.56. The van der Waals surface area contributed by atoms with Gasteiger partial charge in [0.2, 0.25) is 0 Å². The van der Waals surface area contributed by atoms with Gasteiger partial charge in [0.15, 0.2) is 0 Å². The Morgan fingerprint density at radius 2 is 2.24 bits per heavy atom. The zero-order valence-corrected chi connectivity index (χ0v) is 9.49. The Hall–Kier alpha value is -1.88. The molecule has 0 saturated heterocycles. The lowest BCUT2D eigenvalue weighted by Crippen LogP contribution is -2.19. The normalized spacial score (nSPS) is 10.5. The smallest absolute Gasteiger partial charge is 0.339 e. The van der Waals surface area contributed by atoms with Gasteiger partial charge in [-0.25, -0.2) is 9.18 Å². The Morgan fingerprint density at radius 3 is 2.82 bits per heavy atom. The largest absolute Gasteiger partial charge is 0.350 e. The molecule has 0 unspecified atom stereocenters. The third-order valence-electron chi connectivity index (χ3n) is 2.25. The van der Waals surface area contributed by atoms with Crippen LogP contribution in [0.3, 0.4) is 0 Å². The first-order valence-electron chi connectivity index (χ1n) is 4.83. The predicted octanol–water partition coefficient (Wildman–Crippen LogP) is 2.19. The lowest BCUT2D eigenvalue weighted by atomic mass is 10.1. The lowest BCUT2D eigenvalue weighted by molar-refractivity contribution is 0.247. The zero-order chi connectivity index (χ0) is 12.4. The number of carbonyl (C=O) groups excluding carboxylic acids is 1. The number of hydrogen-bond acceptors (Lipinski definition) is 2. The van der Waals surface area contributed by atoms with Gasteiger partial charge >= 0.3 is 6.03 Å². The molecular weight excluding hydrogens is 245 g/mol. The Kier molecular flexibility index (Phi) is 3.10. The molecule has 0 aliphatic rings. The maximum Gasteiger partial charge on any atom is 0.339 e. The minimum absolute atomic E-state index is 0.0739. The molecule has 4 nitrogen and oxygen atoms in total. The molecule has 2 rings (SSSR count). The van der Waals surface area contributed by atoms with Crippen molar-refractivity contribution in [1.29, 1.82) is 0 Å². The summed E-state index contributed by atoms with van der Waals surface area (Å²) in [6.45, 7) is 0. The quantitative estimate of drug-likeness (QED) is 0.892. The topological polar surface area (TPSA) is 60.9 Å². The van der Waals surface area contributed by atoms with Gasteiger partial charge in [0.25, 0.3) is 0 Å². The van der Waals surface area contributed by atoms with Gasteiger partial charge in [-0.3, -0.25) is 0 Å². The SMILES string of the molecule is NC(=O)n1cc(Cc2ccc(F)c(Cl)c2)cn1. The van der Waals surface area contributed by atoms with Gasteiger partial charge in [-0.1, -0.05) is 17.7 Å². The zero-order valence-electron chi connectivity index (χ0n) is 8.73. The molecule has 1 amide bonds. The molecule has 1 heterocycles. The predicted molar refractivity (Wildman–Crippen MR) is 61.4 cm³/mol. The van der Waals surface area contributed by atoms with E-state index >= 15 is 0 Å². The van der Waals surface area contributed by atoms with Crippen LogP contribution in [0.4, 0.5) is 9.18 Å². The van der Waals surface area contributed by atoms with Crippen LogP contribution in [0, 0.1) is 5.82 Å². The highest BCUT2D eigenvalue weighted by molar-refractivity contribution is 6.30. The molecule has 0 radical (unpaired) electrons. The third kappa shape index (κ3) is 2.62. The molecule has 0 aliphatic heterocycles. The average molecular weight is 254 g/mol. The molecule has 0 spiro atoms. The monoisotopic (exact) mass is 253 g/mol. The fourth-order valence-corrected chi connectivity index (χ4v) is 1.66. The number of aromatic nitrogens is 2. The van der Waals surface area contributed by atoms with Crippen molar-refractivity contribution >= 4 is 17.6 Å². The Labute approximate surface area is 102 Å². The number of nitrogens with two attached hydrogens (primary N) is 1. The fourth-order valence-electron chi connectivity index (χ4n) is 1.46. The van der Waals surface area contributed by atoms with Crippen molar-refractivity contribution < 1.29 is 9.18 Å². The molecular formula is C11H9ClFN3O. The highest BCUT2D eigenvalue weighted by Crippen LogP contribution is 2.18. The number of benzene rings is 1. The standard InChI is InChI=1S/C11H9ClFN3O/c12-9-4-7(1-2-10(9)13)3-8-5-15-16(6-8)11(14)17/h1-2,4-6H,3H2,(H2,14,17). The number of halogens is 2. The van der Waals surface area contributed by atoms with Crippen LogP contribution in [0.1, 0.15) is 11.1 Å². The molecule has 0 aliphatic carbocycles. The first-order valence-corrected chi connectivity index (χ1v) is 5.21. The third-order valence-corrected chi connectivity index (χ3v) is 2.54. The molecule has 0 atom stereocenters. The van der Waals surface area contributed by atoms with Crippen molar-refractivity contribution in [1.82, 2.24) is 9.78 Å². The van der Waals surface area contributed by atoms with E-state index in [9.17, 15) is 9.18 Å². The van der Waals surface area contributed by atoms with Crippen LogP contribution in [0.2, 0.25) is 5.02 Å². The van der Waals surface area contributed by atoms with Crippen LogP contribution in [0.25, 0.3) is 0 Å². The van der Waals surface area contributed by atoms with Gasteiger partial charge < -0.3 is 5.73 Å². The maximum atomic E-state index is 12.9. The number of rotatable bonds is 2. The van der Waals surface area contributed by atoms with Crippen molar-refractivity contribution in [2.45, 2.75) is 6.42 Å². The van der Waals surface area contributed by atoms with E-state index in [1.807, 2.05) is 0 Å². The highest BCUT2D eigenvalue weighted by atomic mass is 35.5. The van der Waals surface area contributed by atoms with E-state index in [4.69, 9.17) is 17.3 Å². The molecule has 2 N–H and O–H groups in total. The van der Waals surface area contributed by atoms with E-state index in [1.165, 1.54) is 18.5 Å². The summed E-state index contributed by atoms with van der Waals surface area (Å²) in [6, 6.07) is 3.82. The minimum Gasteiger partial charge on any atom is -0.350 e. The molecule has 0 saturated carbocycles. The van der Waals surface area contributed by atoms with E-state index in [0.717, 1.165) is 15.8 Å². The van der Waals surface area contributed by atoms with E-state index < -0.39 is 11.8 Å². The number of hydrogen-bond donors (Lipinski definition) is 1. The second kappa shape index (κ2) is 4.55. The van der Waals surface area contributed by atoms with Crippen molar-refractivity contribution in [3.05, 3.63) is 52.6 Å². The fraction of sp³-hybridized carbons (Fsp3) is 0.0909. The van der Waals surface area contributed by atoms with Crippen LogP contribution in [0.5, 0.6) is 0 Å². The summed E-state index contributed by atoms with van der Waals surface area (Å²) in [5.74, 6) is -0.455. The van der Waals surface area contributed by atoms with Crippen LogP contribution < -0.4 is 5.73 Å². The summed E-state index contributed by atoms with van der Waals surface area (Å²) >= 11 is 5.67. The Morgan fingerprint density at radius 1 is 1.47 bits per heavy atom. The summed E-state index contributed by atoms with van der Waals surface area (Å²) in [4.78, 5) is 10.8. The molecule has 6 heteroatoms. The highest BCUT2D eigenvalue weighted by Gasteiger charge is 2.05. The Bertz CT molecular complexity index is 568. The second-order valence-electron chi connectivity index (χ2n) is 3.56. The maximum absolute atomic E-state index is 12.9. The van der Waals surface area contributed by atoms with Crippen molar-refractivity contribution in [2.75, 3.05) is 0 Å². The molecule has 0 bridgehead atoms. The number of nitrogens with zero attached hydrogens (tertiary/aromatic N) is 2. The minimum atomic E-state index is -0.645. The summed E-state index contributed by atoms with van der Waals surface area (Å²) in [5.41, 5.74) is 6.69. The number of amides is 1. The number of primary amides is 1. The van der Waals surface area contributed by atoms with Crippen molar-refractivity contribution in [2.24, 2.45) is 5.73 Å². The van der Waals surface area contributed by atoms with Gasteiger partial charge in [0, 0.05) is 12.6 Å². The molecule has 17 heavy (non-hydrogen) atoms. The first-order chi connectivity index (χ1) is 8.06. The molecule has 2 aromatic rings. The van der Waals surface area contributed by atoms with Gasteiger partial charge in [-0.2, -0.15) is 9.78 Å². The molecule has 1 aromatic carbocycles. The Balaban J connectivity index is 2.19. The van der Waals surface area contributed by atoms with E-state index in [1.54, 1.807) is 12.1 Å². The van der Waals surface area contributed by atoms with Crippen LogP contribution in [-0.2, 0) is 6.42 Å². The second-order valence-corrected chi connectivity index (χ2v) is 3.96. The van der Waals surface area contributed by atoms with Gasteiger partial charge in [-0.05, 0) is 23.3 Å². The molecule has 0 fully saturated rings. The summed E-state index contributed by atoms with van der Waals surface area (Å²) in [7, 11) is 0. The molecule has 88 valence electrons. The van der Waals surface area contributed by atoms with Gasteiger partial charge in [0.05, 0.1) is 11.2 Å².